The van der Waals surface area contributed by atoms with E-state index in [1.807, 2.05) is 0 Å². The summed E-state index contributed by atoms with van der Waals surface area (Å²) in [5, 5.41) is 12.4. The van der Waals surface area contributed by atoms with Crippen molar-refractivity contribution >= 4 is 39.1 Å². The molecule has 0 aliphatic heterocycles. The van der Waals surface area contributed by atoms with Gasteiger partial charge in [0.1, 0.15) is 11.5 Å². The average molecular weight is 357 g/mol. The third-order valence-corrected chi connectivity index (χ3v) is 3.43. The Morgan fingerprint density at radius 3 is 2.70 bits per heavy atom. The third-order valence-electron chi connectivity index (χ3n) is 2.61. The van der Waals surface area contributed by atoms with Gasteiger partial charge in [-0.1, -0.05) is 27.5 Å². The van der Waals surface area contributed by atoms with Gasteiger partial charge in [0.05, 0.1) is 17.7 Å². The van der Waals surface area contributed by atoms with Crippen molar-refractivity contribution in [3.8, 4) is 11.5 Å². The molecule has 20 heavy (non-hydrogen) atoms. The van der Waals surface area contributed by atoms with Crippen molar-refractivity contribution in [3.05, 3.63) is 51.5 Å². The van der Waals surface area contributed by atoms with Crippen LogP contribution in [-0.4, -0.2) is 18.1 Å². The Balaban J connectivity index is 2.25. The van der Waals surface area contributed by atoms with Crippen LogP contribution in [0.1, 0.15) is 10.4 Å². The number of halogens is 2. The summed E-state index contributed by atoms with van der Waals surface area (Å²) >= 11 is 9.02. The molecule has 0 radical (unpaired) electrons. The molecule has 0 saturated heterocycles. The lowest BCUT2D eigenvalue weighted by Gasteiger charge is -2.10. The molecule has 0 bridgehead atoms. The maximum Gasteiger partial charge on any atom is 0.259 e. The lowest BCUT2D eigenvalue weighted by molar-refractivity contribution is 0.102. The molecule has 104 valence electrons. The van der Waals surface area contributed by atoms with E-state index in [0.29, 0.717) is 17.0 Å². The molecule has 0 unspecified atom stereocenters. The monoisotopic (exact) mass is 355 g/mol. The van der Waals surface area contributed by atoms with Gasteiger partial charge < -0.3 is 15.2 Å². The number of phenols is 1. The number of benzene rings is 2. The maximum absolute atomic E-state index is 12.2. The molecule has 2 rings (SSSR count). The Hall–Kier alpha value is -1.72. The zero-order valence-electron chi connectivity index (χ0n) is 10.5. The summed E-state index contributed by atoms with van der Waals surface area (Å²) in [7, 11) is 1.49. The molecule has 1 amide bonds. The number of aromatic hydroxyl groups is 1. The molecule has 2 N–H and O–H groups in total. The molecule has 6 heteroatoms. The molecule has 2 aromatic carbocycles. The van der Waals surface area contributed by atoms with Crippen molar-refractivity contribution in [2.75, 3.05) is 12.4 Å². The molecule has 0 heterocycles. The number of rotatable bonds is 3. The summed E-state index contributed by atoms with van der Waals surface area (Å²) in [4.78, 5) is 12.2. The van der Waals surface area contributed by atoms with Gasteiger partial charge in [-0.15, -0.1) is 0 Å². The Labute approximate surface area is 129 Å². The van der Waals surface area contributed by atoms with E-state index in [-0.39, 0.29) is 16.7 Å². The van der Waals surface area contributed by atoms with Crippen LogP contribution in [0.2, 0.25) is 5.02 Å². The van der Waals surface area contributed by atoms with Crippen LogP contribution >= 0.6 is 27.5 Å². The topological polar surface area (TPSA) is 58.6 Å². The summed E-state index contributed by atoms with van der Waals surface area (Å²) in [5.41, 5.74) is 0.840. The van der Waals surface area contributed by atoms with Crippen molar-refractivity contribution in [1.82, 2.24) is 0 Å². The minimum atomic E-state index is -0.337. The van der Waals surface area contributed by atoms with E-state index in [1.165, 1.54) is 19.2 Å². The molecule has 0 spiro atoms. The van der Waals surface area contributed by atoms with Crippen LogP contribution in [-0.2, 0) is 0 Å². The van der Waals surface area contributed by atoms with Gasteiger partial charge in [0, 0.05) is 16.2 Å². The number of hydrogen-bond acceptors (Lipinski definition) is 3. The molecule has 0 aliphatic rings. The second kappa shape index (κ2) is 6.15. The van der Waals surface area contributed by atoms with Gasteiger partial charge >= 0.3 is 0 Å². The number of phenolic OH excluding ortho intramolecular Hbond substituents is 1. The van der Waals surface area contributed by atoms with Gasteiger partial charge in [-0.25, -0.2) is 0 Å². The van der Waals surface area contributed by atoms with Crippen LogP contribution < -0.4 is 10.1 Å². The fraction of sp³-hybridized carbons (Fsp3) is 0.0714. The smallest absolute Gasteiger partial charge is 0.259 e. The first kappa shape index (κ1) is 14.7. The highest BCUT2D eigenvalue weighted by Crippen LogP contribution is 2.28. The minimum Gasteiger partial charge on any atom is -0.506 e. The largest absolute Gasteiger partial charge is 0.506 e. The van der Waals surface area contributed by atoms with Gasteiger partial charge in [0.25, 0.3) is 5.91 Å². The summed E-state index contributed by atoms with van der Waals surface area (Å²) < 4.78 is 5.98. The molecular weight excluding hydrogens is 346 g/mol. The van der Waals surface area contributed by atoms with Crippen molar-refractivity contribution in [2.45, 2.75) is 0 Å². The predicted octanol–water partition coefficient (Wildman–Crippen LogP) is 4.07. The zero-order chi connectivity index (χ0) is 14.7. The number of hydrogen-bond donors (Lipinski definition) is 2. The standard InChI is InChI=1S/C14H11BrClNO3/c1-20-13-6-8(15)2-4-10(13)14(19)17-9-3-5-11(16)12(18)7-9/h2-7,18H,1H3,(H,17,19). The quantitative estimate of drug-likeness (QED) is 0.871. The average Bonchev–Trinajstić information content (AvgIpc) is 2.42. The first-order chi connectivity index (χ1) is 9.51. The van der Waals surface area contributed by atoms with Crippen LogP contribution in [0.4, 0.5) is 5.69 Å². The molecule has 0 atom stereocenters. The molecule has 0 saturated carbocycles. The molecule has 4 nitrogen and oxygen atoms in total. The lowest BCUT2D eigenvalue weighted by Crippen LogP contribution is -2.13. The predicted molar refractivity (Wildman–Crippen MR) is 81.8 cm³/mol. The Bertz CT molecular complexity index is 661. The van der Waals surface area contributed by atoms with E-state index in [0.717, 1.165) is 4.47 Å². The van der Waals surface area contributed by atoms with E-state index in [1.54, 1.807) is 24.3 Å². The SMILES string of the molecule is COc1cc(Br)ccc1C(=O)Nc1ccc(Cl)c(O)c1. The fourth-order valence-corrected chi connectivity index (χ4v) is 2.10. The van der Waals surface area contributed by atoms with Gasteiger partial charge in [0.2, 0.25) is 0 Å². The second-order valence-electron chi connectivity index (χ2n) is 3.96. The third kappa shape index (κ3) is 3.23. The number of nitrogens with one attached hydrogen (secondary N) is 1. The van der Waals surface area contributed by atoms with E-state index >= 15 is 0 Å². The summed E-state index contributed by atoms with van der Waals surface area (Å²) in [6, 6.07) is 9.58. The van der Waals surface area contributed by atoms with Crippen LogP contribution in [0, 0.1) is 0 Å². The molecule has 2 aromatic rings. The van der Waals surface area contributed by atoms with E-state index in [4.69, 9.17) is 16.3 Å². The molecule has 0 fully saturated rings. The maximum atomic E-state index is 12.2. The van der Waals surface area contributed by atoms with Crippen molar-refractivity contribution in [3.63, 3.8) is 0 Å². The highest BCUT2D eigenvalue weighted by Gasteiger charge is 2.13. The van der Waals surface area contributed by atoms with Crippen LogP contribution in [0.5, 0.6) is 11.5 Å². The Kier molecular flexibility index (Phi) is 4.52. The van der Waals surface area contributed by atoms with Crippen molar-refractivity contribution in [2.24, 2.45) is 0 Å². The summed E-state index contributed by atoms with van der Waals surface area (Å²) in [6.45, 7) is 0. The van der Waals surface area contributed by atoms with Crippen molar-refractivity contribution < 1.29 is 14.6 Å². The number of carbonyl (C=O) groups is 1. The summed E-state index contributed by atoms with van der Waals surface area (Å²) in [6.07, 6.45) is 0. The van der Waals surface area contributed by atoms with Gasteiger partial charge in [-0.3, -0.25) is 4.79 Å². The van der Waals surface area contributed by atoms with E-state index in [2.05, 4.69) is 21.2 Å². The summed E-state index contributed by atoms with van der Waals surface area (Å²) in [5.74, 6) is 0.0263. The number of carbonyl (C=O) groups excluding carboxylic acids is 1. The van der Waals surface area contributed by atoms with Gasteiger partial charge in [-0.05, 0) is 30.3 Å². The molecule has 0 aliphatic carbocycles. The lowest BCUT2D eigenvalue weighted by atomic mass is 10.2. The van der Waals surface area contributed by atoms with E-state index in [9.17, 15) is 9.90 Å². The van der Waals surface area contributed by atoms with Crippen LogP contribution in [0.15, 0.2) is 40.9 Å². The first-order valence-electron chi connectivity index (χ1n) is 5.64. The first-order valence-corrected chi connectivity index (χ1v) is 6.82. The van der Waals surface area contributed by atoms with E-state index < -0.39 is 0 Å². The van der Waals surface area contributed by atoms with Gasteiger partial charge in [-0.2, -0.15) is 0 Å². The van der Waals surface area contributed by atoms with Gasteiger partial charge in [0.15, 0.2) is 0 Å². The van der Waals surface area contributed by atoms with Crippen LogP contribution in [0.25, 0.3) is 0 Å². The normalized spacial score (nSPS) is 10.2. The van der Waals surface area contributed by atoms with Crippen LogP contribution in [0.3, 0.4) is 0 Å². The second-order valence-corrected chi connectivity index (χ2v) is 5.29. The zero-order valence-corrected chi connectivity index (χ0v) is 12.8. The minimum absolute atomic E-state index is 0.0905. The number of amides is 1. The highest BCUT2D eigenvalue weighted by molar-refractivity contribution is 9.10. The molecular formula is C14H11BrClNO3. The highest BCUT2D eigenvalue weighted by atomic mass is 79.9. The number of anilines is 1. The van der Waals surface area contributed by atoms with Crippen molar-refractivity contribution in [1.29, 1.82) is 0 Å². The number of methoxy groups -OCH3 is 1. The Morgan fingerprint density at radius 1 is 1.30 bits per heavy atom. The Morgan fingerprint density at radius 2 is 2.05 bits per heavy atom. The fourth-order valence-electron chi connectivity index (χ4n) is 1.64. The molecule has 0 aromatic heterocycles. The number of ether oxygens (including phenoxy) is 1.